The largest absolute Gasteiger partial charge is 0.434 e. The highest BCUT2D eigenvalue weighted by molar-refractivity contribution is 8.01. The molecule has 0 atom stereocenters. The molecule has 1 fully saturated rings. The van der Waals surface area contributed by atoms with Crippen molar-refractivity contribution < 1.29 is 21.6 Å². The van der Waals surface area contributed by atoms with Gasteiger partial charge in [0, 0.05) is 24.7 Å². The Morgan fingerprint density at radius 2 is 1.88 bits per heavy atom. The van der Waals surface area contributed by atoms with Gasteiger partial charge in [0.15, 0.2) is 10.0 Å². The highest BCUT2D eigenvalue weighted by Gasteiger charge is 2.34. The molecule has 0 bridgehead atoms. The molecule has 5 nitrogen and oxygen atoms in total. The van der Waals surface area contributed by atoms with Gasteiger partial charge in [-0.1, -0.05) is 6.42 Å². The molecular weight excluding hydrogens is 395 g/mol. The van der Waals surface area contributed by atoms with E-state index in [4.69, 9.17) is 0 Å². The van der Waals surface area contributed by atoms with Crippen molar-refractivity contribution in [1.82, 2.24) is 14.3 Å². The minimum Gasteiger partial charge on any atom is -0.248 e. The molecule has 0 unspecified atom stereocenters. The van der Waals surface area contributed by atoms with Gasteiger partial charge in [0.05, 0.1) is 0 Å². The van der Waals surface area contributed by atoms with Crippen LogP contribution in [0.25, 0.3) is 0 Å². The Labute approximate surface area is 151 Å². The first kappa shape index (κ1) is 18.6. The van der Waals surface area contributed by atoms with Gasteiger partial charge in [0.2, 0.25) is 10.0 Å². The molecule has 0 N–H and O–H groups in total. The smallest absolute Gasteiger partial charge is 0.248 e. The summed E-state index contributed by atoms with van der Waals surface area (Å²) < 4.78 is 64.3. The molecule has 0 amide bonds. The van der Waals surface area contributed by atoms with Crippen molar-refractivity contribution in [3.05, 3.63) is 29.4 Å². The molecule has 0 radical (unpaired) electrons. The summed E-state index contributed by atoms with van der Waals surface area (Å²) in [6.45, 7) is 0.996. The second-order valence-electron chi connectivity index (χ2n) is 5.40. The average molecular weight is 409 g/mol. The summed E-state index contributed by atoms with van der Waals surface area (Å²) in [5.41, 5.74) is -0.940. The van der Waals surface area contributed by atoms with Gasteiger partial charge in [-0.15, -0.1) is 11.3 Å². The number of thiazole rings is 1. The van der Waals surface area contributed by atoms with Crippen LogP contribution in [0.4, 0.5) is 13.2 Å². The van der Waals surface area contributed by atoms with Crippen LogP contribution in [0.5, 0.6) is 0 Å². The van der Waals surface area contributed by atoms with Crippen LogP contribution in [0, 0.1) is 0 Å². The Bertz CT molecular complexity index is 829. The Kier molecular flexibility index (Phi) is 5.37. The number of hydrogen-bond acceptors (Lipinski definition) is 6. The van der Waals surface area contributed by atoms with Gasteiger partial charge in [0.25, 0.3) is 0 Å². The van der Waals surface area contributed by atoms with Crippen molar-refractivity contribution in [2.75, 3.05) is 13.1 Å². The summed E-state index contributed by atoms with van der Waals surface area (Å²) in [4.78, 5) is 7.65. The van der Waals surface area contributed by atoms with E-state index < -0.39 is 21.9 Å². The number of piperidine rings is 1. The molecule has 25 heavy (non-hydrogen) atoms. The monoisotopic (exact) mass is 409 g/mol. The molecule has 1 aliphatic rings. The van der Waals surface area contributed by atoms with E-state index in [1.165, 1.54) is 22.6 Å². The quantitative estimate of drug-likeness (QED) is 0.767. The van der Waals surface area contributed by atoms with Gasteiger partial charge < -0.3 is 0 Å². The lowest BCUT2D eigenvalue weighted by atomic mass is 10.2. The standard InChI is InChI=1S/C14H14F3N3O2S3/c15-14(16,17)11-9-23-13(19-11)24-12-5-4-10(8-18-12)25(21,22)20-6-2-1-3-7-20/h4-5,8-9H,1-3,6-7H2. The molecule has 136 valence electrons. The molecule has 1 aliphatic heterocycles. The lowest BCUT2D eigenvalue weighted by Crippen LogP contribution is -2.35. The predicted molar refractivity (Wildman–Crippen MR) is 88.1 cm³/mol. The van der Waals surface area contributed by atoms with Crippen LogP contribution in [-0.4, -0.2) is 35.8 Å². The summed E-state index contributed by atoms with van der Waals surface area (Å²) in [5.74, 6) is 0. The fourth-order valence-corrected chi connectivity index (χ4v) is 5.53. The van der Waals surface area contributed by atoms with E-state index in [0.717, 1.165) is 47.7 Å². The number of alkyl halides is 3. The summed E-state index contributed by atoms with van der Waals surface area (Å²) in [6.07, 6.45) is -0.536. The maximum atomic E-state index is 12.5. The second-order valence-corrected chi connectivity index (χ2v) is 9.46. The van der Waals surface area contributed by atoms with Gasteiger partial charge in [-0.3, -0.25) is 0 Å². The van der Waals surface area contributed by atoms with E-state index in [9.17, 15) is 21.6 Å². The van der Waals surface area contributed by atoms with Crippen LogP contribution < -0.4 is 0 Å². The zero-order valence-electron chi connectivity index (χ0n) is 12.9. The molecule has 0 aromatic carbocycles. The van der Waals surface area contributed by atoms with Crippen molar-refractivity contribution >= 4 is 33.1 Å². The third-order valence-electron chi connectivity index (χ3n) is 3.63. The van der Waals surface area contributed by atoms with Gasteiger partial charge in [-0.2, -0.15) is 17.5 Å². The first-order valence-corrected chi connectivity index (χ1v) is 10.6. The number of halogens is 3. The molecule has 2 aromatic rings. The Morgan fingerprint density at radius 1 is 1.16 bits per heavy atom. The minimum absolute atomic E-state index is 0.0915. The molecule has 11 heteroatoms. The van der Waals surface area contributed by atoms with Crippen molar-refractivity contribution in [2.24, 2.45) is 0 Å². The maximum Gasteiger partial charge on any atom is 0.434 e. The zero-order valence-corrected chi connectivity index (χ0v) is 15.3. The second kappa shape index (κ2) is 7.22. The number of pyridine rings is 1. The summed E-state index contributed by atoms with van der Waals surface area (Å²) in [7, 11) is -3.57. The van der Waals surface area contributed by atoms with Gasteiger partial charge >= 0.3 is 6.18 Å². The molecule has 0 spiro atoms. The highest BCUT2D eigenvalue weighted by Crippen LogP contribution is 2.35. The fourth-order valence-electron chi connectivity index (χ4n) is 2.36. The van der Waals surface area contributed by atoms with Gasteiger partial charge in [-0.05, 0) is 36.7 Å². The summed E-state index contributed by atoms with van der Waals surface area (Å²) >= 11 is 1.84. The number of rotatable bonds is 4. The molecular formula is C14H14F3N3O2S3. The van der Waals surface area contributed by atoms with Crippen LogP contribution >= 0.6 is 23.1 Å². The van der Waals surface area contributed by atoms with Crippen molar-refractivity contribution in [3.8, 4) is 0 Å². The van der Waals surface area contributed by atoms with E-state index in [1.807, 2.05) is 0 Å². The number of hydrogen-bond donors (Lipinski definition) is 0. The van der Waals surface area contributed by atoms with Crippen molar-refractivity contribution in [3.63, 3.8) is 0 Å². The highest BCUT2D eigenvalue weighted by atomic mass is 32.2. The normalized spacial score (nSPS) is 16.9. The van der Waals surface area contributed by atoms with Gasteiger partial charge in [-0.25, -0.2) is 18.4 Å². The van der Waals surface area contributed by atoms with E-state index in [0.29, 0.717) is 18.1 Å². The van der Waals surface area contributed by atoms with Crippen molar-refractivity contribution in [1.29, 1.82) is 0 Å². The van der Waals surface area contributed by atoms with Crippen molar-refractivity contribution in [2.45, 2.75) is 39.7 Å². The zero-order chi connectivity index (χ0) is 18.1. The molecule has 3 heterocycles. The van der Waals surface area contributed by atoms with E-state index >= 15 is 0 Å². The van der Waals surface area contributed by atoms with Crippen LogP contribution in [0.3, 0.4) is 0 Å². The molecule has 2 aromatic heterocycles. The van der Waals surface area contributed by atoms with Crippen LogP contribution in [-0.2, 0) is 16.2 Å². The number of aromatic nitrogens is 2. The SMILES string of the molecule is O=S(=O)(c1ccc(Sc2nc(C(F)(F)F)cs2)nc1)N1CCCCC1. The summed E-state index contributed by atoms with van der Waals surface area (Å²) in [5, 5.41) is 1.33. The van der Waals surface area contributed by atoms with Crippen LogP contribution in [0.1, 0.15) is 25.0 Å². The topological polar surface area (TPSA) is 63.2 Å². The third-order valence-corrected chi connectivity index (χ3v) is 7.40. The van der Waals surface area contributed by atoms with Gasteiger partial charge in [0.1, 0.15) is 9.92 Å². The molecule has 3 rings (SSSR count). The maximum absolute atomic E-state index is 12.5. The first-order chi connectivity index (χ1) is 11.8. The molecule has 1 saturated heterocycles. The van der Waals surface area contributed by atoms with E-state index in [2.05, 4.69) is 9.97 Å². The third kappa shape index (κ3) is 4.33. The lowest BCUT2D eigenvalue weighted by Gasteiger charge is -2.25. The molecule has 0 aliphatic carbocycles. The minimum atomic E-state index is -4.48. The predicted octanol–water partition coefficient (Wildman–Crippen LogP) is 3.88. The van der Waals surface area contributed by atoms with E-state index in [1.54, 1.807) is 0 Å². The Hall–Kier alpha value is -1.17. The number of sulfonamides is 1. The summed E-state index contributed by atoms with van der Waals surface area (Å²) in [6, 6.07) is 2.91. The average Bonchev–Trinajstić information content (AvgIpc) is 3.05. The van der Waals surface area contributed by atoms with E-state index in [-0.39, 0.29) is 9.24 Å². The van der Waals surface area contributed by atoms with Crippen LogP contribution in [0.2, 0.25) is 0 Å². The molecule has 0 saturated carbocycles. The lowest BCUT2D eigenvalue weighted by molar-refractivity contribution is -0.141. The first-order valence-electron chi connectivity index (χ1n) is 7.43. The number of nitrogens with zero attached hydrogens (tertiary/aromatic N) is 3. The fraction of sp³-hybridized carbons (Fsp3) is 0.429. The Balaban J connectivity index is 1.73. The van der Waals surface area contributed by atoms with Crippen LogP contribution in [0.15, 0.2) is 38.0 Å². The Morgan fingerprint density at radius 3 is 2.44 bits per heavy atom.